The molecule has 0 saturated carbocycles. The largest absolute Gasteiger partial charge is 0.417 e. The first kappa shape index (κ1) is 16.8. The molecule has 0 bridgehead atoms. The summed E-state index contributed by atoms with van der Waals surface area (Å²) >= 11 is 0. The van der Waals surface area contributed by atoms with Gasteiger partial charge in [0, 0.05) is 43.6 Å². The SMILES string of the molecule is O=C1CCc2cc(C(=O)N3CCC(O)(C(F)(F)F)CC3)ccc2N1. The zero-order chi connectivity index (χ0) is 17.5. The molecule has 24 heavy (non-hydrogen) atoms. The van der Waals surface area contributed by atoms with Gasteiger partial charge in [-0.3, -0.25) is 9.59 Å². The van der Waals surface area contributed by atoms with Gasteiger partial charge in [-0.25, -0.2) is 0 Å². The van der Waals surface area contributed by atoms with Crippen LogP contribution in [0, 0.1) is 0 Å². The van der Waals surface area contributed by atoms with Gasteiger partial charge in [0.15, 0.2) is 5.60 Å². The number of carbonyl (C=O) groups is 2. The lowest BCUT2D eigenvalue weighted by Gasteiger charge is -2.39. The summed E-state index contributed by atoms with van der Waals surface area (Å²) in [6.45, 7) is -0.300. The highest BCUT2D eigenvalue weighted by Crippen LogP contribution is 2.38. The summed E-state index contributed by atoms with van der Waals surface area (Å²) in [6, 6.07) is 4.86. The Balaban J connectivity index is 1.71. The van der Waals surface area contributed by atoms with E-state index in [0.717, 1.165) is 5.56 Å². The maximum absolute atomic E-state index is 12.8. The van der Waals surface area contributed by atoms with Crippen LogP contribution in [-0.2, 0) is 11.2 Å². The van der Waals surface area contributed by atoms with E-state index in [9.17, 15) is 27.9 Å². The number of fused-ring (bicyclic) bond motifs is 1. The van der Waals surface area contributed by atoms with Crippen LogP contribution in [0.3, 0.4) is 0 Å². The Morgan fingerprint density at radius 3 is 2.50 bits per heavy atom. The molecular weight excluding hydrogens is 325 g/mol. The molecule has 2 aliphatic heterocycles. The number of aryl methyl sites for hydroxylation is 1. The topological polar surface area (TPSA) is 69.6 Å². The molecular formula is C16H17F3N2O3. The fraction of sp³-hybridized carbons (Fsp3) is 0.500. The second kappa shape index (κ2) is 5.77. The van der Waals surface area contributed by atoms with E-state index in [4.69, 9.17) is 0 Å². The summed E-state index contributed by atoms with van der Waals surface area (Å²) in [4.78, 5) is 25.1. The Morgan fingerprint density at radius 2 is 1.88 bits per heavy atom. The van der Waals surface area contributed by atoms with Crippen LogP contribution in [0.2, 0.25) is 0 Å². The Labute approximate surface area is 136 Å². The lowest BCUT2D eigenvalue weighted by Crippen LogP contribution is -2.54. The summed E-state index contributed by atoms with van der Waals surface area (Å²) in [5, 5.41) is 12.4. The van der Waals surface area contributed by atoms with Crippen LogP contribution in [0.15, 0.2) is 18.2 Å². The number of hydrogen-bond acceptors (Lipinski definition) is 3. The van der Waals surface area contributed by atoms with Crippen LogP contribution in [0.25, 0.3) is 0 Å². The summed E-state index contributed by atoms with van der Waals surface area (Å²) in [5.41, 5.74) is -0.844. The number of nitrogens with one attached hydrogen (secondary N) is 1. The number of benzene rings is 1. The highest BCUT2D eigenvalue weighted by atomic mass is 19.4. The zero-order valence-corrected chi connectivity index (χ0v) is 12.8. The van der Waals surface area contributed by atoms with E-state index in [-0.39, 0.29) is 24.9 Å². The quantitative estimate of drug-likeness (QED) is 0.821. The van der Waals surface area contributed by atoms with Crippen molar-refractivity contribution in [2.45, 2.75) is 37.5 Å². The summed E-state index contributed by atoms with van der Waals surface area (Å²) in [7, 11) is 0. The van der Waals surface area contributed by atoms with Gasteiger partial charge in [0.1, 0.15) is 0 Å². The minimum atomic E-state index is -4.69. The van der Waals surface area contributed by atoms with Crippen molar-refractivity contribution in [1.29, 1.82) is 0 Å². The van der Waals surface area contributed by atoms with Gasteiger partial charge in [-0.2, -0.15) is 13.2 Å². The van der Waals surface area contributed by atoms with Gasteiger partial charge in [-0.15, -0.1) is 0 Å². The first-order chi connectivity index (χ1) is 11.2. The molecule has 5 nitrogen and oxygen atoms in total. The van der Waals surface area contributed by atoms with Crippen LogP contribution in [-0.4, -0.2) is 46.7 Å². The number of amides is 2. The van der Waals surface area contributed by atoms with E-state index in [1.807, 2.05) is 0 Å². The third-order valence-corrected chi connectivity index (χ3v) is 4.65. The van der Waals surface area contributed by atoms with Crippen LogP contribution in [0.1, 0.15) is 35.2 Å². The minimum absolute atomic E-state index is 0.0796. The number of aliphatic hydroxyl groups is 1. The molecule has 0 aliphatic carbocycles. The smallest absolute Gasteiger partial charge is 0.380 e. The standard InChI is InChI=1S/C16H17F3N2O3/c17-16(18,19)15(24)5-7-21(8-6-15)14(23)11-1-3-12-10(9-11)2-4-13(22)20-12/h1,3,9,24H,2,4-8H2,(H,20,22). The predicted molar refractivity (Wildman–Crippen MR) is 79.5 cm³/mol. The van der Waals surface area contributed by atoms with Crippen molar-refractivity contribution >= 4 is 17.5 Å². The number of anilines is 1. The fourth-order valence-electron chi connectivity index (χ4n) is 3.06. The lowest BCUT2D eigenvalue weighted by molar-refractivity contribution is -0.271. The lowest BCUT2D eigenvalue weighted by atomic mass is 9.90. The van der Waals surface area contributed by atoms with Crippen LogP contribution >= 0.6 is 0 Å². The molecule has 2 N–H and O–H groups in total. The first-order valence-electron chi connectivity index (χ1n) is 7.71. The monoisotopic (exact) mass is 342 g/mol. The Morgan fingerprint density at radius 1 is 1.21 bits per heavy atom. The third kappa shape index (κ3) is 2.98. The van der Waals surface area contributed by atoms with Crippen molar-refractivity contribution in [3.05, 3.63) is 29.3 Å². The molecule has 2 aliphatic rings. The molecule has 2 amide bonds. The summed E-state index contributed by atoms with van der Waals surface area (Å²) < 4.78 is 38.4. The van der Waals surface area contributed by atoms with Crippen LogP contribution < -0.4 is 5.32 Å². The molecule has 0 atom stereocenters. The van der Waals surface area contributed by atoms with Gasteiger partial charge in [0.05, 0.1) is 0 Å². The fourth-order valence-corrected chi connectivity index (χ4v) is 3.06. The van der Waals surface area contributed by atoms with Gasteiger partial charge in [-0.1, -0.05) is 0 Å². The minimum Gasteiger partial charge on any atom is -0.380 e. The molecule has 0 aromatic heterocycles. The first-order valence-corrected chi connectivity index (χ1v) is 7.71. The number of nitrogens with zero attached hydrogens (tertiary/aromatic N) is 1. The normalized spacial score (nSPS) is 20.3. The van der Waals surface area contributed by atoms with E-state index in [1.165, 1.54) is 4.90 Å². The second-order valence-corrected chi connectivity index (χ2v) is 6.24. The molecule has 1 fully saturated rings. The Kier molecular flexibility index (Phi) is 4.03. The van der Waals surface area contributed by atoms with E-state index < -0.39 is 24.6 Å². The van der Waals surface area contributed by atoms with Crippen molar-refractivity contribution in [3.63, 3.8) is 0 Å². The molecule has 130 valence electrons. The van der Waals surface area contributed by atoms with Gasteiger partial charge < -0.3 is 15.3 Å². The molecule has 1 aromatic rings. The number of likely N-dealkylation sites (tertiary alicyclic amines) is 1. The van der Waals surface area contributed by atoms with E-state index in [2.05, 4.69) is 5.32 Å². The summed E-state index contributed by atoms with van der Waals surface area (Å²) in [5.74, 6) is -0.442. The van der Waals surface area contributed by atoms with Gasteiger partial charge in [0.2, 0.25) is 5.91 Å². The molecule has 1 aromatic carbocycles. The van der Waals surface area contributed by atoms with Gasteiger partial charge in [0.25, 0.3) is 5.91 Å². The third-order valence-electron chi connectivity index (χ3n) is 4.65. The molecule has 3 rings (SSSR count). The number of piperidine rings is 1. The van der Waals surface area contributed by atoms with Crippen LogP contribution in [0.5, 0.6) is 0 Å². The van der Waals surface area contributed by atoms with Crippen LogP contribution in [0.4, 0.5) is 18.9 Å². The van der Waals surface area contributed by atoms with E-state index in [0.29, 0.717) is 24.1 Å². The zero-order valence-electron chi connectivity index (χ0n) is 12.8. The van der Waals surface area contributed by atoms with Gasteiger partial charge in [-0.05, 0) is 30.2 Å². The number of halogens is 3. The van der Waals surface area contributed by atoms with Crippen molar-refractivity contribution in [3.8, 4) is 0 Å². The van der Waals surface area contributed by atoms with Crippen molar-refractivity contribution in [2.75, 3.05) is 18.4 Å². The predicted octanol–water partition coefficient (Wildman–Crippen LogP) is 2.10. The summed E-state index contributed by atoms with van der Waals surface area (Å²) in [6.07, 6.45) is -4.87. The van der Waals surface area contributed by atoms with Crippen molar-refractivity contribution < 1.29 is 27.9 Å². The molecule has 0 spiro atoms. The highest BCUT2D eigenvalue weighted by molar-refractivity contribution is 5.98. The molecule has 0 radical (unpaired) electrons. The molecule has 0 unspecified atom stereocenters. The number of hydrogen-bond donors (Lipinski definition) is 2. The number of carbonyl (C=O) groups excluding carboxylic acids is 2. The van der Waals surface area contributed by atoms with Crippen molar-refractivity contribution in [2.24, 2.45) is 0 Å². The Hall–Kier alpha value is -2.09. The second-order valence-electron chi connectivity index (χ2n) is 6.24. The van der Waals surface area contributed by atoms with E-state index in [1.54, 1.807) is 18.2 Å². The van der Waals surface area contributed by atoms with Gasteiger partial charge >= 0.3 is 6.18 Å². The number of rotatable bonds is 1. The van der Waals surface area contributed by atoms with E-state index >= 15 is 0 Å². The van der Waals surface area contributed by atoms with Crippen molar-refractivity contribution in [1.82, 2.24) is 4.90 Å². The molecule has 8 heteroatoms. The maximum Gasteiger partial charge on any atom is 0.417 e. The average molecular weight is 342 g/mol. The Bertz CT molecular complexity index is 680. The average Bonchev–Trinajstić information content (AvgIpc) is 2.53. The highest BCUT2D eigenvalue weighted by Gasteiger charge is 2.54. The number of alkyl halides is 3. The maximum atomic E-state index is 12.8. The molecule has 1 saturated heterocycles. The molecule has 2 heterocycles.